The van der Waals surface area contributed by atoms with Crippen LogP contribution in [0.15, 0.2) is 69.5 Å². The van der Waals surface area contributed by atoms with Crippen LogP contribution in [-0.2, 0) is 0 Å². The summed E-state index contributed by atoms with van der Waals surface area (Å²) in [6, 6.07) is 19.3. The molecule has 0 aliphatic rings. The number of halogens is 1. The van der Waals surface area contributed by atoms with Gasteiger partial charge in [0.05, 0.1) is 5.39 Å². The Morgan fingerprint density at radius 2 is 1.65 bits per heavy atom. The molecule has 4 heteroatoms. The van der Waals surface area contributed by atoms with E-state index in [0.29, 0.717) is 10.9 Å². The van der Waals surface area contributed by atoms with E-state index >= 15 is 0 Å². The van der Waals surface area contributed by atoms with Gasteiger partial charge in [-0.25, -0.2) is 4.98 Å². The summed E-state index contributed by atoms with van der Waals surface area (Å²) in [5.74, 6) is 0.601. The molecule has 0 fully saturated rings. The van der Waals surface area contributed by atoms with Gasteiger partial charge in [-0.2, -0.15) is 0 Å². The molecule has 110 valence electrons. The van der Waals surface area contributed by atoms with E-state index in [2.05, 4.69) is 4.98 Å². The summed E-state index contributed by atoms with van der Waals surface area (Å²) in [5.41, 5.74) is 4.03. The number of hydrogen-bond acceptors (Lipinski definition) is 3. The van der Waals surface area contributed by atoms with Crippen molar-refractivity contribution in [2.24, 2.45) is 0 Å². The Morgan fingerprint density at radius 1 is 0.826 bits per heavy atom. The summed E-state index contributed by atoms with van der Waals surface area (Å²) in [6.45, 7) is 0. The van der Waals surface area contributed by atoms with Crippen molar-refractivity contribution in [1.29, 1.82) is 0 Å². The molecule has 3 nitrogen and oxygen atoms in total. The molecule has 0 amide bonds. The molecule has 2 aromatic heterocycles. The Bertz CT molecular complexity index is 1170. The maximum atomic E-state index is 6.14. The van der Waals surface area contributed by atoms with Gasteiger partial charge in [-0.15, -0.1) is 0 Å². The van der Waals surface area contributed by atoms with Crippen molar-refractivity contribution in [2.75, 3.05) is 0 Å². The molecule has 0 spiro atoms. The Morgan fingerprint density at radius 3 is 2.52 bits per heavy atom. The average molecular weight is 320 g/mol. The molecule has 0 aliphatic carbocycles. The lowest BCUT2D eigenvalue weighted by molar-refractivity contribution is 0.622. The van der Waals surface area contributed by atoms with Gasteiger partial charge in [0.25, 0.3) is 0 Å². The van der Waals surface area contributed by atoms with Crippen LogP contribution in [0.4, 0.5) is 0 Å². The molecule has 2 heterocycles. The normalized spacial score (nSPS) is 11.7. The van der Waals surface area contributed by atoms with Gasteiger partial charge < -0.3 is 8.83 Å². The fraction of sp³-hybridized carbons (Fsp3) is 0. The summed E-state index contributed by atoms with van der Waals surface area (Å²) in [7, 11) is 0. The second-order valence-corrected chi connectivity index (χ2v) is 5.85. The van der Waals surface area contributed by atoms with Gasteiger partial charge in [-0.3, -0.25) is 0 Å². The van der Waals surface area contributed by atoms with Gasteiger partial charge in [-0.1, -0.05) is 29.8 Å². The van der Waals surface area contributed by atoms with Crippen LogP contribution in [0.3, 0.4) is 0 Å². The molecule has 0 bridgehead atoms. The van der Waals surface area contributed by atoms with Crippen molar-refractivity contribution in [3.63, 3.8) is 0 Å². The number of nitrogens with zero attached hydrogens (tertiary/aromatic N) is 1. The summed E-state index contributed by atoms with van der Waals surface area (Å²) in [6.07, 6.45) is 0. The first-order chi connectivity index (χ1) is 11.3. The maximum Gasteiger partial charge on any atom is 0.227 e. The van der Waals surface area contributed by atoms with Crippen LogP contribution in [-0.4, -0.2) is 4.98 Å². The van der Waals surface area contributed by atoms with Gasteiger partial charge in [0.2, 0.25) is 5.89 Å². The molecule has 0 atom stereocenters. The molecule has 0 saturated heterocycles. The molecule has 0 saturated carbocycles. The fourth-order valence-electron chi connectivity index (χ4n) is 2.92. The minimum Gasteiger partial charge on any atom is -0.456 e. The minimum absolute atomic E-state index is 0.601. The Balaban J connectivity index is 1.90. The topological polar surface area (TPSA) is 39.2 Å². The van der Waals surface area contributed by atoms with E-state index in [1.165, 1.54) is 0 Å². The number of oxazole rings is 1. The largest absolute Gasteiger partial charge is 0.456 e. The van der Waals surface area contributed by atoms with E-state index < -0.39 is 0 Å². The fourth-order valence-corrected chi connectivity index (χ4v) is 3.10. The lowest BCUT2D eigenvalue weighted by Crippen LogP contribution is -1.74. The van der Waals surface area contributed by atoms with Crippen molar-refractivity contribution < 1.29 is 8.83 Å². The molecule has 5 aromatic rings. The quantitative estimate of drug-likeness (QED) is 0.377. The third-order valence-corrected chi connectivity index (χ3v) is 4.21. The zero-order valence-corrected chi connectivity index (χ0v) is 12.7. The number of furan rings is 1. The molecule has 3 aromatic carbocycles. The predicted octanol–water partition coefficient (Wildman–Crippen LogP) is 6.05. The second kappa shape index (κ2) is 4.61. The van der Waals surface area contributed by atoms with Gasteiger partial charge >= 0.3 is 0 Å². The van der Waals surface area contributed by atoms with Gasteiger partial charge in [-0.05, 0) is 42.5 Å². The van der Waals surface area contributed by atoms with Crippen LogP contribution >= 0.6 is 11.6 Å². The van der Waals surface area contributed by atoms with Crippen LogP contribution in [0.5, 0.6) is 0 Å². The smallest absolute Gasteiger partial charge is 0.227 e. The van der Waals surface area contributed by atoms with Crippen molar-refractivity contribution in [1.82, 2.24) is 4.98 Å². The molecular weight excluding hydrogens is 310 g/mol. The third-order valence-electron chi connectivity index (χ3n) is 3.97. The number of hydrogen-bond donors (Lipinski definition) is 0. The molecule has 0 radical (unpaired) electrons. The molecule has 0 aliphatic heterocycles. The maximum absolute atomic E-state index is 6.14. The van der Waals surface area contributed by atoms with E-state index in [4.69, 9.17) is 20.4 Å². The van der Waals surface area contributed by atoms with Crippen molar-refractivity contribution in [2.45, 2.75) is 0 Å². The molecule has 23 heavy (non-hydrogen) atoms. The SMILES string of the molecule is Clc1ccc2oc3ccc4nc(-c5ccccc5)oc4c3c2c1. The number of aromatic nitrogens is 1. The zero-order chi connectivity index (χ0) is 15.4. The first kappa shape index (κ1) is 12.7. The van der Waals surface area contributed by atoms with Crippen molar-refractivity contribution in [3.05, 3.63) is 65.7 Å². The lowest BCUT2D eigenvalue weighted by Gasteiger charge is -1.93. The summed E-state index contributed by atoms with van der Waals surface area (Å²) >= 11 is 6.14. The number of fused-ring (bicyclic) bond motifs is 5. The lowest BCUT2D eigenvalue weighted by atomic mass is 10.1. The Hall–Kier alpha value is -2.78. The summed E-state index contributed by atoms with van der Waals surface area (Å²) < 4.78 is 11.9. The first-order valence-corrected chi connectivity index (χ1v) is 7.64. The third kappa shape index (κ3) is 1.87. The highest BCUT2D eigenvalue weighted by Gasteiger charge is 2.16. The van der Waals surface area contributed by atoms with Gasteiger partial charge in [0.1, 0.15) is 16.7 Å². The van der Waals surface area contributed by atoms with Crippen LogP contribution < -0.4 is 0 Å². The van der Waals surface area contributed by atoms with Crippen molar-refractivity contribution >= 4 is 44.6 Å². The zero-order valence-electron chi connectivity index (χ0n) is 11.9. The van der Waals surface area contributed by atoms with Crippen LogP contribution in [0.1, 0.15) is 0 Å². The number of benzene rings is 3. The Labute approximate surface area is 136 Å². The van der Waals surface area contributed by atoms with E-state index in [-0.39, 0.29) is 0 Å². The van der Waals surface area contributed by atoms with Crippen LogP contribution in [0.25, 0.3) is 44.5 Å². The Kier molecular flexibility index (Phi) is 2.55. The molecule has 0 unspecified atom stereocenters. The van der Waals surface area contributed by atoms with E-state index in [1.54, 1.807) is 0 Å². The van der Waals surface area contributed by atoms with Gasteiger partial charge in [0, 0.05) is 16.0 Å². The molecular formula is C19H10ClNO2. The second-order valence-electron chi connectivity index (χ2n) is 5.41. The van der Waals surface area contributed by atoms with Crippen LogP contribution in [0, 0.1) is 0 Å². The molecule has 0 N–H and O–H groups in total. The van der Waals surface area contributed by atoms with E-state index in [1.807, 2.05) is 60.7 Å². The predicted molar refractivity (Wildman–Crippen MR) is 91.7 cm³/mol. The van der Waals surface area contributed by atoms with Crippen molar-refractivity contribution in [3.8, 4) is 11.5 Å². The summed E-state index contributed by atoms with van der Waals surface area (Å²) in [4.78, 5) is 4.60. The van der Waals surface area contributed by atoms with Crippen LogP contribution in [0.2, 0.25) is 5.02 Å². The van der Waals surface area contributed by atoms with E-state index in [9.17, 15) is 0 Å². The number of rotatable bonds is 1. The standard InChI is InChI=1S/C19H10ClNO2/c20-12-6-8-15-13(10-12)17-16(22-15)9-7-14-18(17)23-19(21-14)11-4-2-1-3-5-11/h1-10H. The van der Waals surface area contributed by atoms with Gasteiger partial charge in [0.15, 0.2) is 5.58 Å². The first-order valence-electron chi connectivity index (χ1n) is 7.26. The van der Waals surface area contributed by atoms with E-state index in [0.717, 1.165) is 38.6 Å². The monoisotopic (exact) mass is 319 g/mol. The summed E-state index contributed by atoms with van der Waals surface area (Å²) in [5, 5.41) is 2.52. The molecule has 5 rings (SSSR count). The average Bonchev–Trinajstić information content (AvgIpc) is 3.16. The highest BCUT2D eigenvalue weighted by atomic mass is 35.5. The highest BCUT2D eigenvalue weighted by Crippen LogP contribution is 2.37. The minimum atomic E-state index is 0.601. The highest BCUT2D eigenvalue weighted by molar-refractivity contribution is 6.32.